The molecule has 1 aliphatic rings. The van der Waals surface area contributed by atoms with Crippen LogP contribution in [0.15, 0.2) is 53.4 Å². The van der Waals surface area contributed by atoms with Crippen molar-refractivity contribution in [1.29, 1.82) is 0 Å². The maximum Gasteiger partial charge on any atom is 0.264 e. The average Bonchev–Trinajstić information content (AvgIpc) is 2.47. The van der Waals surface area contributed by atoms with Crippen molar-refractivity contribution in [2.45, 2.75) is 24.7 Å². The van der Waals surface area contributed by atoms with Crippen LogP contribution in [0.4, 0.5) is 5.69 Å². The van der Waals surface area contributed by atoms with Crippen molar-refractivity contribution in [1.82, 2.24) is 0 Å². The molecule has 4 heteroatoms. The fourth-order valence-corrected chi connectivity index (χ4v) is 4.35. The van der Waals surface area contributed by atoms with Crippen LogP contribution in [0.3, 0.4) is 0 Å². The zero-order valence-electron chi connectivity index (χ0n) is 11.4. The summed E-state index contributed by atoms with van der Waals surface area (Å²) in [5, 5.41) is 0. The van der Waals surface area contributed by atoms with E-state index in [0.29, 0.717) is 11.4 Å². The first-order chi connectivity index (χ1) is 9.66. The van der Waals surface area contributed by atoms with E-state index in [9.17, 15) is 8.42 Å². The summed E-state index contributed by atoms with van der Waals surface area (Å²) in [7, 11) is -3.44. The van der Waals surface area contributed by atoms with Gasteiger partial charge in [-0.05, 0) is 18.6 Å². The second-order valence-electron chi connectivity index (χ2n) is 4.94. The summed E-state index contributed by atoms with van der Waals surface area (Å²) in [5.41, 5.74) is 2.59. The Morgan fingerprint density at radius 1 is 0.950 bits per heavy atom. The molecule has 3 nitrogen and oxygen atoms in total. The minimum atomic E-state index is -3.44. The molecule has 1 heterocycles. The predicted octanol–water partition coefficient (Wildman–Crippen LogP) is 3.66. The van der Waals surface area contributed by atoms with Gasteiger partial charge in [-0.2, -0.15) is 0 Å². The molecule has 0 amide bonds. The molecule has 1 aliphatic heterocycles. The number of para-hydroxylation sites is 1. The summed E-state index contributed by atoms with van der Waals surface area (Å²) in [4.78, 5) is 0.412. The van der Waals surface area contributed by atoms with Crippen molar-refractivity contribution < 1.29 is 8.42 Å². The van der Waals surface area contributed by atoms with E-state index in [1.807, 2.05) is 36.4 Å². The second kappa shape index (κ2) is 4.94. The highest BCUT2D eigenvalue weighted by atomic mass is 32.2. The van der Waals surface area contributed by atoms with Crippen LogP contribution in [0.5, 0.6) is 0 Å². The number of sulfonamides is 1. The van der Waals surface area contributed by atoms with Crippen LogP contribution in [0, 0.1) is 0 Å². The SMILES string of the molecule is CCCCN1c2ccccc2-c2ccccc2S1(=O)=O. The maximum atomic E-state index is 12.8. The van der Waals surface area contributed by atoms with Crippen LogP contribution < -0.4 is 4.31 Å². The van der Waals surface area contributed by atoms with Gasteiger partial charge in [-0.15, -0.1) is 0 Å². The summed E-state index contributed by atoms with van der Waals surface area (Å²) in [5.74, 6) is 0. The van der Waals surface area contributed by atoms with Gasteiger partial charge >= 0.3 is 0 Å². The Labute approximate surface area is 119 Å². The third-order valence-corrected chi connectivity index (χ3v) is 5.50. The Hall–Kier alpha value is -1.81. The monoisotopic (exact) mass is 287 g/mol. The number of benzene rings is 2. The molecule has 0 N–H and O–H groups in total. The lowest BCUT2D eigenvalue weighted by atomic mass is 10.0. The van der Waals surface area contributed by atoms with Gasteiger partial charge in [0.1, 0.15) is 0 Å². The number of rotatable bonds is 3. The van der Waals surface area contributed by atoms with E-state index < -0.39 is 10.0 Å². The second-order valence-corrected chi connectivity index (χ2v) is 6.77. The van der Waals surface area contributed by atoms with E-state index in [2.05, 4.69) is 6.92 Å². The normalized spacial score (nSPS) is 15.6. The summed E-state index contributed by atoms with van der Waals surface area (Å²) < 4.78 is 27.1. The standard InChI is InChI=1S/C16H17NO2S/c1-2-3-12-17-15-10-6-4-8-13(15)14-9-5-7-11-16(14)20(17,18)19/h4-11H,2-3,12H2,1H3. The molecule has 0 atom stereocenters. The largest absolute Gasteiger partial charge is 0.266 e. The van der Waals surface area contributed by atoms with Gasteiger partial charge in [0, 0.05) is 17.7 Å². The Kier molecular flexibility index (Phi) is 3.26. The van der Waals surface area contributed by atoms with Crippen molar-refractivity contribution in [2.75, 3.05) is 10.8 Å². The molecule has 2 aromatic carbocycles. The van der Waals surface area contributed by atoms with Gasteiger partial charge < -0.3 is 0 Å². The number of unbranched alkanes of at least 4 members (excludes halogenated alkanes) is 1. The van der Waals surface area contributed by atoms with Gasteiger partial charge in [0.15, 0.2) is 0 Å². The molecule has 0 bridgehead atoms. The molecule has 2 aromatic rings. The molecule has 0 unspecified atom stereocenters. The molecule has 0 aliphatic carbocycles. The molecule has 0 saturated heterocycles. The summed E-state index contributed by atoms with van der Waals surface area (Å²) in [6.07, 6.45) is 1.82. The summed E-state index contributed by atoms with van der Waals surface area (Å²) >= 11 is 0. The van der Waals surface area contributed by atoms with Gasteiger partial charge in [-0.25, -0.2) is 8.42 Å². The van der Waals surface area contributed by atoms with E-state index in [4.69, 9.17) is 0 Å². The van der Waals surface area contributed by atoms with Crippen LogP contribution in [0.25, 0.3) is 11.1 Å². The lowest BCUT2D eigenvalue weighted by Crippen LogP contribution is -2.35. The molecule has 0 aromatic heterocycles. The van der Waals surface area contributed by atoms with E-state index in [1.54, 1.807) is 16.4 Å². The number of hydrogen-bond donors (Lipinski definition) is 0. The van der Waals surface area contributed by atoms with Crippen molar-refractivity contribution >= 4 is 15.7 Å². The lowest BCUT2D eigenvalue weighted by molar-refractivity contribution is 0.588. The Bertz CT molecular complexity index is 738. The van der Waals surface area contributed by atoms with E-state index in [0.717, 1.165) is 29.7 Å². The predicted molar refractivity (Wildman–Crippen MR) is 81.3 cm³/mol. The fraction of sp³-hybridized carbons (Fsp3) is 0.250. The first-order valence-electron chi connectivity index (χ1n) is 6.87. The zero-order chi connectivity index (χ0) is 14.2. The Balaban J connectivity index is 2.25. The van der Waals surface area contributed by atoms with Crippen LogP contribution in [-0.4, -0.2) is 15.0 Å². The highest BCUT2D eigenvalue weighted by Crippen LogP contribution is 2.42. The smallest absolute Gasteiger partial charge is 0.264 e. The first kappa shape index (κ1) is 13.2. The zero-order valence-corrected chi connectivity index (χ0v) is 12.2. The molecular formula is C16H17NO2S. The van der Waals surface area contributed by atoms with Crippen molar-refractivity contribution in [2.24, 2.45) is 0 Å². The van der Waals surface area contributed by atoms with Crippen LogP contribution >= 0.6 is 0 Å². The number of hydrogen-bond acceptors (Lipinski definition) is 2. The third-order valence-electron chi connectivity index (χ3n) is 3.63. The molecular weight excluding hydrogens is 270 g/mol. The molecule has 0 radical (unpaired) electrons. The Morgan fingerprint density at radius 3 is 2.35 bits per heavy atom. The van der Waals surface area contributed by atoms with Crippen molar-refractivity contribution in [3.8, 4) is 11.1 Å². The summed E-state index contributed by atoms with van der Waals surface area (Å²) in [6, 6.07) is 14.9. The van der Waals surface area contributed by atoms with E-state index in [-0.39, 0.29) is 0 Å². The summed E-state index contributed by atoms with van der Waals surface area (Å²) in [6.45, 7) is 2.60. The number of nitrogens with zero attached hydrogens (tertiary/aromatic N) is 1. The highest BCUT2D eigenvalue weighted by molar-refractivity contribution is 7.93. The van der Waals surface area contributed by atoms with E-state index in [1.165, 1.54) is 0 Å². The average molecular weight is 287 g/mol. The van der Waals surface area contributed by atoms with Crippen molar-refractivity contribution in [3.63, 3.8) is 0 Å². The van der Waals surface area contributed by atoms with E-state index >= 15 is 0 Å². The van der Waals surface area contributed by atoms with Crippen LogP contribution in [0.1, 0.15) is 19.8 Å². The van der Waals surface area contributed by atoms with Gasteiger partial charge in [0.2, 0.25) is 0 Å². The molecule has 104 valence electrons. The molecule has 0 saturated carbocycles. The highest BCUT2D eigenvalue weighted by Gasteiger charge is 2.33. The minimum absolute atomic E-state index is 0.412. The quantitative estimate of drug-likeness (QED) is 0.864. The van der Waals surface area contributed by atoms with Crippen molar-refractivity contribution in [3.05, 3.63) is 48.5 Å². The van der Waals surface area contributed by atoms with Crippen LogP contribution in [-0.2, 0) is 10.0 Å². The van der Waals surface area contributed by atoms with Gasteiger partial charge in [-0.1, -0.05) is 49.7 Å². The first-order valence-corrected chi connectivity index (χ1v) is 8.31. The fourth-order valence-electron chi connectivity index (χ4n) is 2.62. The molecule has 3 rings (SSSR count). The molecule has 0 fully saturated rings. The minimum Gasteiger partial charge on any atom is -0.266 e. The number of fused-ring (bicyclic) bond motifs is 3. The van der Waals surface area contributed by atoms with Gasteiger partial charge in [0.25, 0.3) is 10.0 Å². The molecule has 0 spiro atoms. The Morgan fingerprint density at radius 2 is 1.60 bits per heavy atom. The molecule has 20 heavy (non-hydrogen) atoms. The van der Waals surface area contributed by atoms with Crippen LogP contribution in [0.2, 0.25) is 0 Å². The third kappa shape index (κ3) is 1.91. The van der Waals surface area contributed by atoms with Gasteiger partial charge in [-0.3, -0.25) is 4.31 Å². The number of anilines is 1. The topological polar surface area (TPSA) is 37.4 Å². The maximum absolute atomic E-state index is 12.8. The lowest BCUT2D eigenvalue weighted by Gasteiger charge is -2.32. The van der Waals surface area contributed by atoms with Gasteiger partial charge in [0.05, 0.1) is 10.6 Å².